The first-order valence-corrected chi connectivity index (χ1v) is 6.54. The number of anilines is 2. The van der Waals surface area contributed by atoms with Crippen molar-refractivity contribution in [2.24, 2.45) is 0 Å². The van der Waals surface area contributed by atoms with Gasteiger partial charge in [0.2, 0.25) is 0 Å². The van der Waals surface area contributed by atoms with Gasteiger partial charge in [-0.3, -0.25) is 4.68 Å². The van der Waals surface area contributed by atoms with E-state index in [1.807, 2.05) is 24.6 Å². The first kappa shape index (κ1) is 13.4. The molecule has 0 saturated carbocycles. The van der Waals surface area contributed by atoms with Gasteiger partial charge in [0.05, 0.1) is 11.4 Å². The van der Waals surface area contributed by atoms with Crippen molar-refractivity contribution < 1.29 is 0 Å². The number of hydrogen-bond donors (Lipinski definition) is 2. The standard InChI is InChI=1S/C14H21N5/c1-10-5-7-17-14(13(10)15)16-6-4-8-19-12(3)9-11(2)18-19/h5,7,9H,4,6,8,15H2,1-3H3,(H,16,17). The summed E-state index contributed by atoms with van der Waals surface area (Å²) in [5.41, 5.74) is 10.0. The van der Waals surface area contributed by atoms with Gasteiger partial charge in [-0.15, -0.1) is 0 Å². The number of nitrogens with two attached hydrogens (primary N) is 1. The van der Waals surface area contributed by atoms with Gasteiger partial charge in [0.15, 0.2) is 0 Å². The fourth-order valence-corrected chi connectivity index (χ4v) is 2.05. The molecule has 0 fully saturated rings. The number of nitrogens with one attached hydrogen (secondary N) is 1. The third kappa shape index (κ3) is 3.24. The molecule has 0 aliphatic rings. The zero-order valence-corrected chi connectivity index (χ0v) is 11.8. The summed E-state index contributed by atoms with van der Waals surface area (Å²) in [6, 6.07) is 4.00. The second-order valence-electron chi connectivity index (χ2n) is 4.82. The number of pyridine rings is 1. The molecule has 0 saturated heterocycles. The van der Waals surface area contributed by atoms with E-state index in [1.165, 1.54) is 5.69 Å². The van der Waals surface area contributed by atoms with Crippen molar-refractivity contribution in [3.63, 3.8) is 0 Å². The Morgan fingerprint density at radius 1 is 1.32 bits per heavy atom. The van der Waals surface area contributed by atoms with Gasteiger partial charge < -0.3 is 11.1 Å². The number of nitrogen functional groups attached to an aromatic ring is 1. The van der Waals surface area contributed by atoms with Crippen LogP contribution in [0.3, 0.4) is 0 Å². The SMILES string of the molecule is Cc1cc(C)n(CCCNc2nccc(C)c2N)n1. The molecule has 0 aliphatic heterocycles. The van der Waals surface area contributed by atoms with Crippen molar-refractivity contribution in [1.29, 1.82) is 0 Å². The molecule has 5 nitrogen and oxygen atoms in total. The summed E-state index contributed by atoms with van der Waals surface area (Å²) >= 11 is 0. The van der Waals surface area contributed by atoms with Crippen LogP contribution >= 0.6 is 0 Å². The Morgan fingerprint density at radius 2 is 2.11 bits per heavy atom. The van der Waals surface area contributed by atoms with Gasteiger partial charge in [-0.05, 0) is 44.9 Å². The van der Waals surface area contributed by atoms with Gasteiger partial charge >= 0.3 is 0 Å². The molecule has 102 valence electrons. The highest BCUT2D eigenvalue weighted by Crippen LogP contribution is 2.18. The number of nitrogens with zero attached hydrogens (tertiary/aromatic N) is 3. The fraction of sp³-hybridized carbons (Fsp3) is 0.429. The van der Waals surface area contributed by atoms with Gasteiger partial charge in [-0.1, -0.05) is 0 Å². The topological polar surface area (TPSA) is 68.8 Å². The van der Waals surface area contributed by atoms with Crippen LogP contribution in [0.25, 0.3) is 0 Å². The Labute approximate surface area is 113 Å². The van der Waals surface area contributed by atoms with Crippen molar-refractivity contribution in [3.05, 3.63) is 35.3 Å². The highest BCUT2D eigenvalue weighted by Gasteiger charge is 2.03. The Hall–Kier alpha value is -2.04. The van der Waals surface area contributed by atoms with Gasteiger partial charge in [0.25, 0.3) is 0 Å². The molecule has 0 radical (unpaired) electrons. The van der Waals surface area contributed by atoms with Gasteiger partial charge in [0, 0.05) is 25.0 Å². The van der Waals surface area contributed by atoms with E-state index in [0.29, 0.717) is 0 Å². The van der Waals surface area contributed by atoms with E-state index in [4.69, 9.17) is 5.73 Å². The summed E-state index contributed by atoms with van der Waals surface area (Å²) < 4.78 is 2.03. The van der Waals surface area contributed by atoms with Crippen LogP contribution in [0.15, 0.2) is 18.3 Å². The average Bonchev–Trinajstić information content (AvgIpc) is 2.68. The van der Waals surface area contributed by atoms with Crippen molar-refractivity contribution in [3.8, 4) is 0 Å². The number of rotatable bonds is 5. The van der Waals surface area contributed by atoms with Crippen molar-refractivity contribution in [2.75, 3.05) is 17.6 Å². The minimum absolute atomic E-state index is 0.730. The highest BCUT2D eigenvalue weighted by molar-refractivity contribution is 5.64. The van der Waals surface area contributed by atoms with Gasteiger partial charge in [-0.25, -0.2) is 4.98 Å². The van der Waals surface area contributed by atoms with E-state index >= 15 is 0 Å². The molecule has 0 aromatic carbocycles. The number of aryl methyl sites for hydroxylation is 4. The minimum Gasteiger partial charge on any atom is -0.396 e. The molecule has 0 amide bonds. The summed E-state index contributed by atoms with van der Waals surface area (Å²) in [5, 5.41) is 7.71. The highest BCUT2D eigenvalue weighted by atomic mass is 15.3. The molecular formula is C14H21N5. The lowest BCUT2D eigenvalue weighted by atomic mass is 10.2. The average molecular weight is 259 g/mol. The normalized spacial score (nSPS) is 10.7. The molecule has 2 rings (SSSR count). The van der Waals surface area contributed by atoms with Crippen LogP contribution in [0.5, 0.6) is 0 Å². The Bertz CT molecular complexity index is 559. The molecule has 2 aromatic heterocycles. The van der Waals surface area contributed by atoms with Crippen molar-refractivity contribution >= 4 is 11.5 Å². The second kappa shape index (κ2) is 5.73. The zero-order valence-electron chi connectivity index (χ0n) is 11.8. The van der Waals surface area contributed by atoms with E-state index in [2.05, 4.69) is 28.4 Å². The van der Waals surface area contributed by atoms with Crippen LogP contribution in [-0.2, 0) is 6.54 Å². The Kier molecular flexibility index (Phi) is 4.04. The predicted octanol–water partition coefficient (Wildman–Crippen LogP) is 2.29. The van der Waals surface area contributed by atoms with E-state index in [1.54, 1.807) is 6.20 Å². The lowest BCUT2D eigenvalue weighted by Crippen LogP contribution is -2.11. The molecule has 0 unspecified atom stereocenters. The number of aromatic nitrogens is 3. The molecular weight excluding hydrogens is 238 g/mol. The zero-order chi connectivity index (χ0) is 13.8. The van der Waals surface area contributed by atoms with E-state index in [9.17, 15) is 0 Å². The number of hydrogen-bond acceptors (Lipinski definition) is 4. The Morgan fingerprint density at radius 3 is 2.79 bits per heavy atom. The van der Waals surface area contributed by atoms with E-state index in [-0.39, 0.29) is 0 Å². The smallest absolute Gasteiger partial charge is 0.149 e. The summed E-state index contributed by atoms with van der Waals surface area (Å²) in [6.45, 7) is 7.81. The molecule has 5 heteroatoms. The van der Waals surface area contributed by atoms with Gasteiger partial charge in [0.1, 0.15) is 5.82 Å². The molecule has 0 aliphatic carbocycles. The van der Waals surface area contributed by atoms with Crippen LogP contribution in [0, 0.1) is 20.8 Å². The molecule has 3 N–H and O–H groups in total. The van der Waals surface area contributed by atoms with E-state index in [0.717, 1.165) is 42.3 Å². The first-order valence-electron chi connectivity index (χ1n) is 6.54. The second-order valence-corrected chi connectivity index (χ2v) is 4.82. The predicted molar refractivity (Wildman–Crippen MR) is 78.2 cm³/mol. The van der Waals surface area contributed by atoms with E-state index < -0.39 is 0 Å². The van der Waals surface area contributed by atoms with Crippen LogP contribution in [0.4, 0.5) is 11.5 Å². The molecule has 2 heterocycles. The van der Waals surface area contributed by atoms with Crippen LogP contribution in [0.1, 0.15) is 23.4 Å². The lowest BCUT2D eigenvalue weighted by molar-refractivity contribution is 0.573. The quantitative estimate of drug-likeness (QED) is 0.808. The third-order valence-corrected chi connectivity index (χ3v) is 3.15. The van der Waals surface area contributed by atoms with Gasteiger partial charge in [-0.2, -0.15) is 5.10 Å². The molecule has 2 aromatic rings. The molecule has 0 atom stereocenters. The monoisotopic (exact) mass is 259 g/mol. The van der Waals surface area contributed by atoms with Crippen LogP contribution in [-0.4, -0.2) is 21.3 Å². The third-order valence-electron chi connectivity index (χ3n) is 3.15. The van der Waals surface area contributed by atoms with Crippen molar-refractivity contribution in [1.82, 2.24) is 14.8 Å². The maximum Gasteiger partial charge on any atom is 0.149 e. The van der Waals surface area contributed by atoms with Crippen LogP contribution < -0.4 is 11.1 Å². The maximum atomic E-state index is 5.96. The summed E-state index contributed by atoms with van der Waals surface area (Å²) in [6.07, 6.45) is 2.76. The Balaban J connectivity index is 1.84. The summed E-state index contributed by atoms with van der Waals surface area (Å²) in [5.74, 6) is 0.772. The molecule has 0 bridgehead atoms. The molecule has 0 spiro atoms. The summed E-state index contributed by atoms with van der Waals surface area (Å²) in [7, 11) is 0. The lowest BCUT2D eigenvalue weighted by Gasteiger charge is -2.10. The largest absolute Gasteiger partial charge is 0.396 e. The fourth-order valence-electron chi connectivity index (χ4n) is 2.05. The minimum atomic E-state index is 0.730. The van der Waals surface area contributed by atoms with Crippen molar-refractivity contribution in [2.45, 2.75) is 33.7 Å². The first-order chi connectivity index (χ1) is 9.08. The maximum absolute atomic E-state index is 5.96. The van der Waals surface area contributed by atoms with Crippen LogP contribution in [0.2, 0.25) is 0 Å². The summed E-state index contributed by atoms with van der Waals surface area (Å²) in [4.78, 5) is 4.25. The molecule has 19 heavy (non-hydrogen) atoms.